The third-order valence-corrected chi connectivity index (χ3v) is 7.01. The normalized spacial score (nSPS) is 15.2. The number of nitrogens with zero attached hydrogens (tertiary/aromatic N) is 4. The number of para-hydroxylation sites is 2. The first-order chi connectivity index (χ1) is 19.7. The van der Waals surface area contributed by atoms with Gasteiger partial charge in [-0.2, -0.15) is 0 Å². The minimum Gasteiger partial charge on any atom is -0.436 e. The Balaban J connectivity index is 1.43. The van der Waals surface area contributed by atoms with E-state index in [2.05, 4.69) is 4.98 Å². The molecule has 1 aromatic heterocycles. The molecule has 0 aliphatic carbocycles. The summed E-state index contributed by atoms with van der Waals surface area (Å²) in [5.41, 5.74) is 1.70. The van der Waals surface area contributed by atoms with Crippen molar-refractivity contribution >= 4 is 51.8 Å². The van der Waals surface area contributed by atoms with E-state index in [1.807, 2.05) is 18.2 Å². The predicted octanol–water partition coefficient (Wildman–Crippen LogP) is 4.45. The molecule has 3 amide bonds. The first-order valence-corrected chi connectivity index (χ1v) is 12.7. The van der Waals surface area contributed by atoms with Crippen LogP contribution in [0.2, 0.25) is 5.02 Å². The Bertz CT molecular complexity index is 1620. The minimum absolute atomic E-state index is 0.0894. The fourth-order valence-corrected chi connectivity index (χ4v) is 4.78. The first-order valence-electron chi connectivity index (χ1n) is 12.3. The summed E-state index contributed by atoms with van der Waals surface area (Å²) in [6, 6.07) is 16.2. The van der Waals surface area contributed by atoms with Gasteiger partial charge >= 0.3 is 0 Å². The van der Waals surface area contributed by atoms with Gasteiger partial charge in [0.25, 0.3) is 17.5 Å². The molecule has 0 radical (unpaired) electrons. The Morgan fingerprint density at radius 3 is 2.51 bits per heavy atom. The monoisotopic (exact) mass is 578 g/mol. The summed E-state index contributed by atoms with van der Waals surface area (Å²) in [6.45, 7) is -0.226. The number of nitro benzene ring substituents is 1. The Labute approximate surface area is 238 Å². The lowest BCUT2D eigenvalue weighted by atomic mass is 10.1. The molecule has 1 aliphatic heterocycles. The van der Waals surface area contributed by atoms with Crippen LogP contribution in [0.25, 0.3) is 22.6 Å². The van der Waals surface area contributed by atoms with Crippen molar-refractivity contribution < 1.29 is 33.2 Å². The molecule has 0 spiro atoms. The first kappa shape index (κ1) is 27.9. The van der Waals surface area contributed by atoms with Gasteiger partial charge in [0.1, 0.15) is 16.6 Å². The molecule has 0 saturated carbocycles. The third-order valence-electron chi connectivity index (χ3n) is 6.69. The number of fused-ring (bicyclic) bond motifs is 1. The maximum atomic E-state index is 13.6. The van der Waals surface area contributed by atoms with Gasteiger partial charge in [0, 0.05) is 31.4 Å². The summed E-state index contributed by atoms with van der Waals surface area (Å²) < 4.78 is 16.3. The fourth-order valence-electron chi connectivity index (χ4n) is 4.59. The molecular formula is C28H23ClN4O8. The molecule has 13 heteroatoms. The Morgan fingerprint density at radius 1 is 1.15 bits per heavy atom. The van der Waals surface area contributed by atoms with Crippen LogP contribution < -0.4 is 4.90 Å². The van der Waals surface area contributed by atoms with E-state index >= 15 is 0 Å². The number of aromatic nitrogens is 1. The number of amides is 3. The number of carbonyl (C=O) groups excluding carboxylic acids is 3. The number of methoxy groups -OCH3 is 2. The summed E-state index contributed by atoms with van der Waals surface area (Å²) in [4.78, 5) is 57.6. The SMILES string of the molecule is COC(CN(C(=O)c1ccc(Cl)c([N+](=O)[O-])c1)C1CC(=O)N(c2ccc(-c3nc4ccccc4o3)cc2)C1=O)OC. The summed E-state index contributed by atoms with van der Waals surface area (Å²) in [7, 11) is 2.71. The highest BCUT2D eigenvalue weighted by molar-refractivity contribution is 6.32. The molecule has 12 nitrogen and oxygen atoms in total. The Morgan fingerprint density at radius 2 is 1.85 bits per heavy atom. The number of halogens is 1. The second-order valence-electron chi connectivity index (χ2n) is 9.10. The molecular weight excluding hydrogens is 556 g/mol. The molecule has 3 aromatic carbocycles. The second-order valence-corrected chi connectivity index (χ2v) is 9.51. The molecule has 1 fully saturated rings. The van der Waals surface area contributed by atoms with Crippen LogP contribution in [0, 0.1) is 10.1 Å². The van der Waals surface area contributed by atoms with E-state index in [1.165, 1.54) is 26.4 Å². The maximum Gasteiger partial charge on any atom is 0.288 e. The zero-order valence-electron chi connectivity index (χ0n) is 21.9. The van der Waals surface area contributed by atoms with Crippen molar-refractivity contribution in [3.05, 3.63) is 87.4 Å². The van der Waals surface area contributed by atoms with Crippen molar-refractivity contribution in [3.63, 3.8) is 0 Å². The molecule has 210 valence electrons. The molecule has 1 unspecified atom stereocenters. The van der Waals surface area contributed by atoms with Crippen LogP contribution in [0.1, 0.15) is 16.8 Å². The van der Waals surface area contributed by atoms with Crippen LogP contribution in [-0.4, -0.2) is 65.6 Å². The van der Waals surface area contributed by atoms with Crippen molar-refractivity contribution in [2.45, 2.75) is 18.8 Å². The maximum absolute atomic E-state index is 13.6. The zero-order chi connectivity index (χ0) is 29.3. The highest BCUT2D eigenvalue weighted by atomic mass is 35.5. The van der Waals surface area contributed by atoms with E-state index < -0.39 is 40.7 Å². The van der Waals surface area contributed by atoms with E-state index in [0.29, 0.717) is 28.2 Å². The third kappa shape index (κ3) is 5.40. The number of rotatable bonds is 9. The summed E-state index contributed by atoms with van der Waals surface area (Å²) in [5.74, 6) is -1.52. The van der Waals surface area contributed by atoms with Crippen molar-refractivity contribution in [2.75, 3.05) is 25.7 Å². The molecule has 1 saturated heterocycles. The van der Waals surface area contributed by atoms with Gasteiger partial charge in [-0.25, -0.2) is 9.88 Å². The van der Waals surface area contributed by atoms with E-state index in [1.54, 1.807) is 30.3 Å². The van der Waals surface area contributed by atoms with Crippen molar-refractivity contribution in [2.24, 2.45) is 0 Å². The smallest absolute Gasteiger partial charge is 0.288 e. The quantitative estimate of drug-likeness (QED) is 0.122. The van der Waals surface area contributed by atoms with Crippen LogP contribution in [0.3, 0.4) is 0 Å². The van der Waals surface area contributed by atoms with E-state index in [9.17, 15) is 24.5 Å². The number of ether oxygens (including phenoxy) is 2. The lowest BCUT2D eigenvalue weighted by Crippen LogP contribution is -2.49. The lowest BCUT2D eigenvalue weighted by Gasteiger charge is -2.30. The van der Waals surface area contributed by atoms with Crippen LogP contribution in [-0.2, 0) is 19.1 Å². The molecule has 2 heterocycles. The summed E-state index contributed by atoms with van der Waals surface area (Å²) in [5, 5.41) is 11.2. The molecule has 0 bridgehead atoms. The van der Waals surface area contributed by atoms with Crippen molar-refractivity contribution in [1.29, 1.82) is 0 Å². The molecule has 5 rings (SSSR count). The van der Waals surface area contributed by atoms with Crippen LogP contribution in [0.4, 0.5) is 11.4 Å². The standard InChI is InChI=1S/C28H23ClN4O8/c1-39-25(40-2)15-31(27(35)17-9-12-19(29)21(13-17)33(37)38)22-14-24(34)32(28(22)36)18-10-7-16(8-11-18)26-30-20-5-3-4-6-23(20)41-26/h3-13,22,25H,14-15H2,1-2H3. The van der Waals surface area contributed by atoms with Gasteiger partial charge in [0.05, 0.1) is 23.6 Å². The number of hydrogen-bond donors (Lipinski definition) is 0. The van der Waals surface area contributed by atoms with Gasteiger partial charge in [0.2, 0.25) is 11.8 Å². The number of oxazole rings is 1. The zero-order valence-corrected chi connectivity index (χ0v) is 22.6. The topological polar surface area (TPSA) is 145 Å². The predicted molar refractivity (Wildman–Crippen MR) is 147 cm³/mol. The lowest BCUT2D eigenvalue weighted by molar-refractivity contribution is -0.384. The van der Waals surface area contributed by atoms with Gasteiger partial charge in [-0.3, -0.25) is 24.5 Å². The van der Waals surface area contributed by atoms with E-state index in [0.717, 1.165) is 15.9 Å². The number of hydrogen-bond acceptors (Lipinski definition) is 9. The molecule has 1 aliphatic rings. The van der Waals surface area contributed by atoms with Crippen LogP contribution in [0.5, 0.6) is 0 Å². The van der Waals surface area contributed by atoms with E-state index in [4.69, 9.17) is 25.5 Å². The number of imide groups is 1. The van der Waals surface area contributed by atoms with Crippen molar-refractivity contribution in [3.8, 4) is 11.5 Å². The largest absolute Gasteiger partial charge is 0.436 e. The number of benzene rings is 3. The average Bonchev–Trinajstić information content (AvgIpc) is 3.54. The highest BCUT2D eigenvalue weighted by Gasteiger charge is 2.45. The number of nitro groups is 1. The fraction of sp³-hybridized carbons (Fsp3) is 0.214. The summed E-state index contributed by atoms with van der Waals surface area (Å²) >= 11 is 5.91. The summed E-state index contributed by atoms with van der Waals surface area (Å²) in [6.07, 6.45) is -1.25. The van der Waals surface area contributed by atoms with Gasteiger partial charge in [-0.1, -0.05) is 23.7 Å². The van der Waals surface area contributed by atoms with Gasteiger partial charge in [-0.05, 0) is 48.5 Å². The second kappa shape index (κ2) is 11.5. The molecule has 0 N–H and O–H groups in total. The van der Waals surface area contributed by atoms with E-state index in [-0.39, 0.29) is 23.6 Å². The molecule has 1 atom stereocenters. The number of anilines is 1. The highest BCUT2D eigenvalue weighted by Crippen LogP contribution is 2.31. The van der Waals surface area contributed by atoms with Crippen LogP contribution in [0.15, 0.2) is 71.1 Å². The minimum atomic E-state index is -1.21. The Hall–Kier alpha value is -4.65. The molecule has 4 aromatic rings. The van der Waals surface area contributed by atoms with Gasteiger partial charge in [0.15, 0.2) is 11.9 Å². The average molecular weight is 579 g/mol. The van der Waals surface area contributed by atoms with Crippen molar-refractivity contribution in [1.82, 2.24) is 9.88 Å². The number of carbonyl (C=O) groups is 3. The van der Waals surface area contributed by atoms with Crippen LogP contribution >= 0.6 is 11.6 Å². The Kier molecular flexibility index (Phi) is 7.79. The van der Waals surface area contributed by atoms with Gasteiger partial charge in [-0.15, -0.1) is 0 Å². The van der Waals surface area contributed by atoms with Gasteiger partial charge < -0.3 is 18.8 Å². The molecule has 41 heavy (non-hydrogen) atoms.